The van der Waals surface area contributed by atoms with Gasteiger partial charge in [-0.3, -0.25) is 4.79 Å². The fourth-order valence-electron chi connectivity index (χ4n) is 3.98. The highest BCUT2D eigenvalue weighted by Gasteiger charge is 2.13. The molecule has 0 saturated carbocycles. The Labute approximate surface area is 163 Å². The summed E-state index contributed by atoms with van der Waals surface area (Å²) in [5, 5.41) is 5.12. The fourth-order valence-corrected chi connectivity index (χ4v) is 3.98. The standard InChI is InChI=1S/C24H22N2O2/c27-24(17-8-11-19(12-9-17)26-14-4-1-5-15-26)25-18-10-13-21-20-6-2-3-7-22(20)28-23(21)16-18/h2-3,6-13,16H,1,4-5,14-15H2,(H,25,27). The molecule has 1 N–H and O–H groups in total. The van der Waals surface area contributed by atoms with Gasteiger partial charge in [0.15, 0.2) is 0 Å². The van der Waals surface area contributed by atoms with E-state index in [1.165, 1.54) is 24.9 Å². The summed E-state index contributed by atoms with van der Waals surface area (Å²) in [5.74, 6) is -0.111. The molecular formula is C24H22N2O2. The first-order valence-corrected chi connectivity index (χ1v) is 9.86. The molecule has 4 nitrogen and oxygen atoms in total. The zero-order chi connectivity index (χ0) is 18.9. The normalized spacial score (nSPS) is 14.5. The van der Waals surface area contributed by atoms with E-state index in [0.717, 1.165) is 40.7 Å². The summed E-state index contributed by atoms with van der Waals surface area (Å²) in [6.07, 6.45) is 3.80. The number of carbonyl (C=O) groups excluding carboxylic acids is 1. The first-order valence-electron chi connectivity index (χ1n) is 9.86. The quantitative estimate of drug-likeness (QED) is 0.493. The first kappa shape index (κ1) is 16.9. The van der Waals surface area contributed by atoms with Gasteiger partial charge in [0.25, 0.3) is 5.91 Å². The number of hydrogen-bond donors (Lipinski definition) is 1. The van der Waals surface area contributed by atoms with Crippen molar-refractivity contribution < 1.29 is 9.21 Å². The minimum atomic E-state index is -0.111. The largest absolute Gasteiger partial charge is 0.456 e. The molecule has 1 fully saturated rings. The van der Waals surface area contributed by atoms with Gasteiger partial charge < -0.3 is 14.6 Å². The van der Waals surface area contributed by atoms with Crippen LogP contribution in [0.25, 0.3) is 21.9 Å². The molecule has 3 aromatic carbocycles. The summed E-state index contributed by atoms with van der Waals surface area (Å²) < 4.78 is 5.91. The van der Waals surface area contributed by atoms with Crippen molar-refractivity contribution in [2.45, 2.75) is 19.3 Å². The van der Waals surface area contributed by atoms with Crippen molar-refractivity contribution in [3.63, 3.8) is 0 Å². The zero-order valence-electron chi connectivity index (χ0n) is 15.7. The Morgan fingerprint density at radius 3 is 2.39 bits per heavy atom. The highest BCUT2D eigenvalue weighted by molar-refractivity contribution is 6.08. The Morgan fingerprint density at radius 1 is 0.821 bits per heavy atom. The van der Waals surface area contributed by atoms with Gasteiger partial charge in [0, 0.05) is 46.9 Å². The Hall–Kier alpha value is -3.27. The number of carbonyl (C=O) groups is 1. The molecule has 1 amide bonds. The smallest absolute Gasteiger partial charge is 0.255 e. The predicted molar refractivity (Wildman–Crippen MR) is 114 cm³/mol. The van der Waals surface area contributed by atoms with E-state index in [9.17, 15) is 4.79 Å². The van der Waals surface area contributed by atoms with Gasteiger partial charge in [-0.25, -0.2) is 0 Å². The van der Waals surface area contributed by atoms with Crippen molar-refractivity contribution in [2.75, 3.05) is 23.3 Å². The lowest BCUT2D eigenvalue weighted by Crippen LogP contribution is -2.29. The summed E-state index contributed by atoms with van der Waals surface area (Å²) in [7, 11) is 0. The Bertz CT molecular complexity index is 1140. The van der Waals surface area contributed by atoms with Gasteiger partial charge >= 0.3 is 0 Å². The molecule has 4 heteroatoms. The number of furan rings is 1. The molecule has 2 heterocycles. The maximum Gasteiger partial charge on any atom is 0.255 e. The molecule has 0 unspecified atom stereocenters. The van der Waals surface area contributed by atoms with Crippen LogP contribution in [0.2, 0.25) is 0 Å². The zero-order valence-corrected chi connectivity index (χ0v) is 15.7. The number of piperidine rings is 1. The van der Waals surface area contributed by atoms with Crippen LogP contribution in [0.4, 0.5) is 11.4 Å². The molecule has 1 aromatic heterocycles. The minimum absolute atomic E-state index is 0.111. The molecular weight excluding hydrogens is 348 g/mol. The predicted octanol–water partition coefficient (Wildman–Crippen LogP) is 5.83. The van der Waals surface area contributed by atoms with Gasteiger partial charge in [0.2, 0.25) is 0 Å². The molecule has 0 spiro atoms. The van der Waals surface area contributed by atoms with Crippen LogP contribution in [0.15, 0.2) is 71.1 Å². The third kappa shape index (κ3) is 3.11. The second-order valence-electron chi connectivity index (χ2n) is 7.36. The lowest BCUT2D eigenvalue weighted by Gasteiger charge is -2.28. The van der Waals surface area contributed by atoms with E-state index < -0.39 is 0 Å². The minimum Gasteiger partial charge on any atom is -0.456 e. The van der Waals surface area contributed by atoms with Gasteiger partial charge in [-0.15, -0.1) is 0 Å². The monoisotopic (exact) mass is 370 g/mol. The van der Waals surface area contributed by atoms with Crippen molar-refractivity contribution in [2.24, 2.45) is 0 Å². The molecule has 4 aromatic rings. The second-order valence-corrected chi connectivity index (χ2v) is 7.36. The SMILES string of the molecule is O=C(Nc1ccc2c(c1)oc1ccccc12)c1ccc(N2CCCCC2)cc1. The first-order chi connectivity index (χ1) is 13.8. The lowest BCUT2D eigenvalue weighted by molar-refractivity contribution is 0.102. The van der Waals surface area contributed by atoms with Crippen LogP contribution in [-0.4, -0.2) is 19.0 Å². The third-order valence-corrected chi connectivity index (χ3v) is 5.49. The number of nitrogens with zero attached hydrogens (tertiary/aromatic N) is 1. The average molecular weight is 370 g/mol. The van der Waals surface area contributed by atoms with E-state index in [1.807, 2.05) is 66.7 Å². The van der Waals surface area contributed by atoms with Crippen molar-refractivity contribution in [3.05, 3.63) is 72.3 Å². The van der Waals surface area contributed by atoms with E-state index in [2.05, 4.69) is 10.2 Å². The Morgan fingerprint density at radius 2 is 1.57 bits per heavy atom. The van der Waals surface area contributed by atoms with Crippen LogP contribution >= 0.6 is 0 Å². The number of amides is 1. The average Bonchev–Trinajstić information content (AvgIpc) is 3.12. The maximum atomic E-state index is 12.7. The number of anilines is 2. The Balaban J connectivity index is 1.35. The molecule has 1 saturated heterocycles. The summed E-state index contributed by atoms with van der Waals surface area (Å²) in [4.78, 5) is 15.0. The Kier molecular flexibility index (Phi) is 4.24. The van der Waals surface area contributed by atoms with E-state index in [-0.39, 0.29) is 5.91 Å². The van der Waals surface area contributed by atoms with Crippen LogP contribution < -0.4 is 10.2 Å². The van der Waals surface area contributed by atoms with Crippen molar-refractivity contribution in [1.29, 1.82) is 0 Å². The van der Waals surface area contributed by atoms with E-state index >= 15 is 0 Å². The molecule has 0 aliphatic carbocycles. The molecule has 5 rings (SSSR count). The summed E-state index contributed by atoms with van der Waals surface area (Å²) in [6, 6.07) is 21.7. The molecule has 1 aliphatic rings. The van der Waals surface area contributed by atoms with Crippen molar-refractivity contribution in [3.8, 4) is 0 Å². The van der Waals surface area contributed by atoms with Crippen molar-refractivity contribution >= 4 is 39.2 Å². The van der Waals surface area contributed by atoms with Crippen molar-refractivity contribution in [1.82, 2.24) is 0 Å². The highest BCUT2D eigenvalue weighted by atomic mass is 16.3. The number of benzene rings is 3. The number of nitrogens with one attached hydrogen (secondary N) is 1. The van der Waals surface area contributed by atoms with Gasteiger partial charge in [0.05, 0.1) is 0 Å². The van der Waals surface area contributed by atoms with Gasteiger partial charge in [-0.1, -0.05) is 18.2 Å². The second kappa shape index (κ2) is 7.04. The number of fused-ring (bicyclic) bond motifs is 3. The van der Waals surface area contributed by atoms with Crippen LogP contribution in [0.1, 0.15) is 29.6 Å². The molecule has 140 valence electrons. The highest BCUT2D eigenvalue weighted by Crippen LogP contribution is 2.30. The van der Waals surface area contributed by atoms with Crippen LogP contribution in [-0.2, 0) is 0 Å². The van der Waals surface area contributed by atoms with E-state index in [0.29, 0.717) is 5.56 Å². The molecule has 28 heavy (non-hydrogen) atoms. The number of rotatable bonds is 3. The third-order valence-electron chi connectivity index (χ3n) is 5.49. The topological polar surface area (TPSA) is 45.5 Å². The van der Waals surface area contributed by atoms with E-state index in [4.69, 9.17) is 4.42 Å². The molecule has 1 aliphatic heterocycles. The summed E-state index contributed by atoms with van der Waals surface area (Å²) in [5.41, 5.74) is 4.22. The maximum absolute atomic E-state index is 12.7. The van der Waals surface area contributed by atoms with Gasteiger partial charge in [0.1, 0.15) is 11.2 Å². The summed E-state index contributed by atoms with van der Waals surface area (Å²) in [6.45, 7) is 2.20. The fraction of sp³-hybridized carbons (Fsp3) is 0.208. The molecule has 0 atom stereocenters. The number of hydrogen-bond acceptors (Lipinski definition) is 3. The van der Waals surface area contributed by atoms with E-state index in [1.54, 1.807) is 0 Å². The summed E-state index contributed by atoms with van der Waals surface area (Å²) >= 11 is 0. The van der Waals surface area contributed by atoms with Crippen LogP contribution in [0.3, 0.4) is 0 Å². The van der Waals surface area contributed by atoms with Crippen LogP contribution in [0, 0.1) is 0 Å². The molecule has 0 radical (unpaired) electrons. The molecule has 0 bridgehead atoms. The van der Waals surface area contributed by atoms with Crippen LogP contribution in [0.5, 0.6) is 0 Å². The van der Waals surface area contributed by atoms with Gasteiger partial charge in [-0.05, 0) is 61.7 Å². The van der Waals surface area contributed by atoms with Gasteiger partial charge in [-0.2, -0.15) is 0 Å². The number of para-hydroxylation sites is 1. The lowest BCUT2D eigenvalue weighted by atomic mass is 10.1.